The summed E-state index contributed by atoms with van der Waals surface area (Å²) in [7, 11) is 1.19. The number of methoxy groups -OCH3 is 1. The summed E-state index contributed by atoms with van der Waals surface area (Å²) in [6.07, 6.45) is 2.36. The van der Waals surface area contributed by atoms with Crippen molar-refractivity contribution in [2.24, 2.45) is 5.92 Å². The van der Waals surface area contributed by atoms with Gasteiger partial charge in [-0.05, 0) is 24.7 Å². The average molecular weight is 465 g/mol. The number of rotatable bonds is 6. The fourth-order valence-corrected chi connectivity index (χ4v) is 3.61. The van der Waals surface area contributed by atoms with Crippen LogP contribution in [0, 0.1) is 21.4 Å². The summed E-state index contributed by atoms with van der Waals surface area (Å²) in [5.74, 6) is -1.07. The lowest BCUT2D eigenvalue weighted by atomic mass is 9.79. The number of alkyl carbamates (subject to hydrolysis) is 1. The highest BCUT2D eigenvalue weighted by molar-refractivity contribution is 7.80. The van der Waals surface area contributed by atoms with Gasteiger partial charge < -0.3 is 15.5 Å². The van der Waals surface area contributed by atoms with Gasteiger partial charge in [-0.1, -0.05) is 54.6 Å². The minimum atomic E-state index is -0.785. The Morgan fingerprint density at radius 2 is 1.79 bits per heavy atom. The van der Waals surface area contributed by atoms with Gasteiger partial charge in [0.1, 0.15) is 0 Å². The highest BCUT2D eigenvalue weighted by Gasteiger charge is 2.32. The smallest absolute Gasteiger partial charge is 0.413 e. The number of amides is 1. The van der Waals surface area contributed by atoms with E-state index < -0.39 is 16.9 Å². The lowest BCUT2D eigenvalue weighted by molar-refractivity contribution is -0.385. The van der Waals surface area contributed by atoms with Crippen LogP contribution >= 0.6 is 12.2 Å². The molecule has 0 radical (unpaired) electrons. The molecule has 0 aromatic heterocycles. The summed E-state index contributed by atoms with van der Waals surface area (Å²) in [4.78, 5) is 35.6. The fraction of sp³-hybridized carbons (Fsp3) is 0.130. The second kappa shape index (κ2) is 10.4. The van der Waals surface area contributed by atoms with Crippen molar-refractivity contribution < 1.29 is 19.2 Å². The first kappa shape index (κ1) is 23.5. The summed E-state index contributed by atoms with van der Waals surface area (Å²) in [6.45, 7) is 0. The van der Waals surface area contributed by atoms with Crippen molar-refractivity contribution in [3.8, 4) is 0 Å². The molecule has 168 valence electrons. The standard InChI is InChI=1S/C23H20N4O5S/c1-32-23(29)26-22(33)25-18-12-11-16(21(28)14-7-3-2-4-8-14)17(20(18)24)13-15-9-5-6-10-19(15)27(30)31/h2-12,17,24H,13H2,1H3,(H2,25,26,29,33). The van der Waals surface area contributed by atoms with Gasteiger partial charge in [0.15, 0.2) is 10.9 Å². The molecule has 10 heteroatoms. The highest BCUT2D eigenvalue weighted by Crippen LogP contribution is 2.31. The van der Waals surface area contributed by atoms with E-state index in [0.29, 0.717) is 16.7 Å². The lowest BCUT2D eigenvalue weighted by Gasteiger charge is -2.26. The maximum absolute atomic E-state index is 13.2. The summed E-state index contributed by atoms with van der Waals surface area (Å²) in [6, 6.07) is 14.8. The van der Waals surface area contributed by atoms with Crippen LogP contribution in [-0.4, -0.2) is 34.7 Å². The number of hydrogen-bond donors (Lipinski definition) is 3. The number of ketones is 1. The number of nitrogens with one attached hydrogen (secondary N) is 3. The molecule has 0 saturated heterocycles. The van der Waals surface area contributed by atoms with Crippen LogP contribution in [0.3, 0.4) is 0 Å². The molecule has 1 atom stereocenters. The molecule has 0 heterocycles. The number of para-hydroxylation sites is 1. The van der Waals surface area contributed by atoms with E-state index in [9.17, 15) is 19.7 Å². The van der Waals surface area contributed by atoms with Crippen LogP contribution in [0.2, 0.25) is 0 Å². The third kappa shape index (κ3) is 5.55. The first-order chi connectivity index (χ1) is 15.8. The third-order valence-corrected chi connectivity index (χ3v) is 5.21. The molecule has 33 heavy (non-hydrogen) atoms. The van der Waals surface area contributed by atoms with E-state index in [1.165, 1.54) is 19.3 Å². The molecular weight excluding hydrogens is 444 g/mol. The number of thiocarbonyl (C=S) groups is 1. The third-order valence-electron chi connectivity index (χ3n) is 5.00. The Balaban J connectivity index is 1.97. The summed E-state index contributed by atoms with van der Waals surface area (Å²) >= 11 is 5.07. The van der Waals surface area contributed by atoms with E-state index in [1.54, 1.807) is 54.6 Å². The Kier molecular flexibility index (Phi) is 7.42. The van der Waals surface area contributed by atoms with Gasteiger partial charge in [0.2, 0.25) is 0 Å². The number of nitro groups is 1. The highest BCUT2D eigenvalue weighted by atomic mass is 32.1. The largest absolute Gasteiger partial charge is 0.453 e. The number of Topliss-reactive ketones (excluding diaryl/α,β-unsaturated/α-hetero) is 1. The molecule has 0 fully saturated rings. The number of nitro benzene ring substituents is 1. The lowest BCUT2D eigenvalue weighted by Crippen LogP contribution is -2.42. The number of allylic oxidation sites excluding steroid dienone is 4. The van der Waals surface area contributed by atoms with Gasteiger partial charge in [0, 0.05) is 28.7 Å². The van der Waals surface area contributed by atoms with Crippen molar-refractivity contribution in [2.75, 3.05) is 7.11 Å². The summed E-state index contributed by atoms with van der Waals surface area (Å²) < 4.78 is 4.50. The topological polar surface area (TPSA) is 134 Å². The molecule has 3 N–H and O–H groups in total. The van der Waals surface area contributed by atoms with Gasteiger partial charge in [-0.25, -0.2) is 4.79 Å². The molecule has 2 aromatic carbocycles. The van der Waals surface area contributed by atoms with E-state index in [2.05, 4.69) is 15.4 Å². The van der Waals surface area contributed by atoms with Crippen molar-refractivity contribution in [3.05, 3.63) is 99.3 Å². The number of carbonyl (C=O) groups excluding carboxylic acids is 2. The normalized spacial score (nSPS) is 15.1. The minimum absolute atomic E-state index is 0.00366. The van der Waals surface area contributed by atoms with Crippen molar-refractivity contribution in [3.63, 3.8) is 0 Å². The fourth-order valence-electron chi connectivity index (χ4n) is 3.41. The predicted octanol–water partition coefficient (Wildman–Crippen LogP) is 3.71. The number of carbonyl (C=O) groups is 2. The maximum atomic E-state index is 13.2. The summed E-state index contributed by atoms with van der Waals surface area (Å²) in [5, 5.41) is 25.2. The van der Waals surface area contributed by atoms with Crippen LogP contribution in [-0.2, 0) is 11.2 Å². The minimum Gasteiger partial charge on any atom is -0.453 e. The molecule has 3 rings (SSSR count). The van der Waals surface area contributed by atoms with Gasteiger partial charge in [0.05, 0.1) is 23.4 Å². The van der Waals surface area contributed by atoms with Crippen molar-refractivity contribution in [2.45, 2.75) is 6.42 Å². The van der Waals surface area contributed by atoms with E-state index >= 15 is 0 Å². The SMILES string of the molecule is COC(=O)NC(=S)NC1=CC=C(C(=O)c2ccccc2)C(Cc2ccccc2[N+](=O)[O-])C1=N. The zero-order valence-electron chi connectivity index (χ0n) is 17.5. The Morgan fingerprint density at radius 1 is 1.12 bits per heavy atom. The Labute approximate surface area is 194 Å². The van der Waals surface area contributed by atoms with Gasteiger partial charge in [0.25, 0.3) is 5.69 Å². The molecule has 2 aromatic rings. The van der Waals surface area contributed by atoms with Crippen LogP contribution in [0.4, 0.5) is 10.5 Å². The zero-order chi connectivity index (χ0) is 24.0. The Morgan fingerprint density at radius 3 is 2.45 bits per heavy atom. The number of hydrogen-bond acceptors (Lipinski definition) is 7. The second-order valence-electron chi connectivity index (χ2n) is 7.02. The monoisotopic (exact) mass is 464 g/mol. The van der Waals surface area contributed by atoms with Crippen LogP contribution in [0.5, 0.6) is 0 Å². The van der Waals surface area contributed by atoms with Crippen molar-refractivity contribution in [1.29, 1.82) is 5.41 Å². The number of nitrogens with zero attached hydrogens (tertiary/aromatic N) is 1. The van der Waals surface area contributed by atoms with E-state index in [1.807, 2.05) is 0 Å². The molecule has 0 spiro atoms. The Hall–Kier alpha value is -4.18. The maximum Gasteiger partial charge on any atom is 0.413 e. The van der Waals surface area contributed by atoms with Gasteiger partial charge in [-0.15, -0.1) is 0 Å². The average Bonchev–Trinajstić information content (AvgIpc) is 2.82. The quantitative estimate of drug-likeness (QED) is 0.257. The predicted molar refractivity (Wildman–Crippen MR) is 126 cm³/mol. The first-order valence-corrected chi connectivity index (χ1v) is 10.2. The number of ether oxygens (including phenoxy) is 1. The molecule has 1 amide bonds. The van der Waals surface area contributed by atoms with E-state index in [0.717, 1.165) is 0 Å². The summed E-state index contributed by atoms with van der Waals surface area (Å²) in [5.41, 5.74) is 1.32. The van der Waals surface area contributed by atoms with Gasteiger partial charge in [-0.2, -0.15) is 0 Å². The molecule has 0 saturated carbocycles. The molecular formula is C23H20N4O5S. The zero-order valence-corrected chi connectivity index (χ0v) is 18.3. The van der Waals surface area contributed by atoms with E-state index in [-0.39, 0.29) is 34.4 Å². The van der Waals surface area contributed by atoms with Crippen molar-refractivity contribution in [1.82, 2.24) is 10.6 Å². The van der Waals surface area contributed by atoms with E-state index in [4.69, 9.17) is 17.6 Å². The van der Waals surface area contributed by atoms with Crippen LogP contribution in [0.25, 0.3) is 0 Å². The van der Waals surface area contributed by atoms with Crippen molar-refractivity contribution >= 4 is 40.6 Å². The van der Waals surface area contributed by atoms with Crippen LogP contribution < -0.4 is 10.6 Å². The van der Waals surface area contributed by atoms with Crippen LogP contribution in [0.15, 0.2) is 78.0 Å². The molecule has 9 nitrogen and oxygen atoms in total. The second-order valence-corrected chi connectivity index (χ2v) is 7.43. The Bertz CT molecular complexity index is 1190. The van der Waals surface area contributed by atoms with Gasteiger partial charge >= 0.3 is 6.09 Å². The molecule has 0 bridgehead atoms. The molecule has 1 aliphatic carbocycles. The molecule has 1 aliphatic rings. The van der Waals surface area contributed by atoms with Gasteiger partial charge in [-0.3, -0.25) is 20.2 Å². The molecule has 1 unspecified atom stereocenters. The first-order valence-electron chi connectivity index (χ1n) is 9.80. The van der Waals surface area contributed by atoms with Crippen LogP contribution in [0.1, 0.15) is 15.9 Å². The molecule has 0 aliphatic heterocycles. The number of benzene rings is 2.